The first-order chi connectivity index (χ1) is 13.9. The second kappa shape index (κ2) is 5.18. The molecule has 1 N–H and O–H groups in total. The van der Waals surface area contributed by atoms with Gasteiger partial charge in [-0.2, -0.15) is 0 Å². The van der Waals surface area contributed by atoms with Crippen LogP contribution in [0.1, 0.15) is 34.0 Å². The third-order valence-electron chi connectivity index (χ3n) is 6.51. The van der Waals surface area contributed by atoms with Crippen LogP contribution in [0.3, 0.4) is 0 Å². The van der Waals surface area contributed by atoms with Crippen molar-refractivity contribution < 1.29 is 24.2 Å². The number of ether oxygens (including phenoxy) is 2. The molecule has 0 spiro atoms. The number of carbonyl (C=O) groups excluding carboxylic acids is 2. The van der Waals surface area contributed by atoms with Gasteiger partial charge >= 0.3 is 0 Å². The molecule has 0 unspecified atom stereocenters. The number of piperazine rings is 1. The third-order valence-corrected chi connectivity index (χ3v) is 6.51. The minimum Gasteiger partial charge on any atom is -0.454 e. The lowest BCUT2D eigenvalue weighted by Crippen LogP contribution is -2.70. The predicted molar refractivity (Wildman–Crippen MR) is 102 cm³/mol. The summed E-state index contributed by atoms with van der Waals surface area (Å²) in [5, 5.41) is 12.0. The molecular formula is C22H18N2O5. The fourth-order valence-corrected chi connectivity index (χ4v) is 5.18. The number of carbonyl (C=O) groups is 2. The molecule has 3 atom stereocenters. The lowest BCUT2D eigenvalue weighted by molar-refractivity contribution is -0.189. The van der Waals surface area contributed by atoms with Crippen LogP contribution in [-0.4, -0.2) is 45.6 Å². The van der Waals surface area contributed by atoms with Gasteiger partial charge in [0.1, 0.15) is 6.04 Å². The number of benzene rings is 2. The van der Waals surface area contributed by atoms with Gasteiger partial charge in [-0.3, -0.25) is 14.5 Å². The highest BCUT2D eigenvalue weighted by atomic mass is 16.7. The van der Waals surface area contributed by atoms with Gasteiger partial charge < -0.3 is 19.5 Å². The van der Waals surface area contributed by atoms with E-state index >= 15 is 0 Å². The van der Waals surface area contributed by atoms with Crippen LogP contribution in [0.25, 0.3) is 5.70 Å². The van der Waals surface area contributed by atoms with Crippen LogP contribution in [-0.2, 0) is 16.9 Å². The summed E-state index contributed by atoms with van der Waals surface area (Å²) in [5.74, 6) is 0.662. The summed E-state index contributed by atoms with van der Waals surface area (Å²) in [7, 11) is 0. The zero-order chi connectivity index (χ0) is 20.1. The van der Waals surface area contributed by atoms with E-state index in [1.54, 1.807) is 36.1 Å². The molecule has 4 aliphatic heterocycles. The first kappa shape index (κ1) is 16.6. The summed E-state index contributed by atoms with van der Waals surface area (Å²) in [4.78, 5) is 29.3. The van der Waals surface area contributed by atoms with Gasteiger partial charge in [-0.25, -0.2) is 0 Å². The van der Waals surface area contributed by atoms with E-state index < -0.39 is 17.8 Å². The maximum Gasteiger partial charge on any atom is 0.257 e. The molecule has 7 heteroatoms. The van der Waals surface area contributed by atoms with Crippen molar-refractivity contribution >= 4 is 17.5 Å². The van der Waals surface area contributed by atoms with Crippen LogP contribution in [0.5, 0.6) is 11.5 Å². The van der Waals surface area contributed by atoms with Crippen LogP contribution in [0.15, 0.2) is 43.0 Å². The zero-order valence-electron chi connectivity index (χ0n) is 15.7. The minimum atomic E-state index is -1.63. The van der Waals surface area contributed by atoms with Crippen molar-refractivity contribution in [3.05, 3.63) is 65.2 Å². The molecule has 0 aromatic heterocycles. The molecule has 7 nitrogen and oxygen atoms in total. The maximum absolute atomic E-state index is 13.3. The Balaban J connectivity index is 1.58. The Morgan fingerprint density at radius 3 is 2.66 bits per heavy atom. The average Bonchev–Trinajstić information content (AvgIpc) is 3.26. The van der Waals surface area contributed by atoms with Crippen molar-refractivity contribution in [1.82, 2.24) is 9.80 Å². The van der Waals surface area contributed by atoms with Crippen molar-refractivity contribution in [3.63, 3.8) is 0 Å². The van der Waals surface area contributed by atoms with Crippen molar-refractivity contribution in [3.8, 4) is 11.5 Å². The van der Waals surface area contributed by atoms with Crippen LogP contribution >= 0.6 is 0 Å². The fraction of sp³-hybridized carbons (Fsp3) is 0.273. The Kier molecular flexibility index (Phi) is 2.97. The number of hydrogen-bond acceptors (Lipinski definition) is 5. The van der Waals surface area contributed by atoms with Gasteiger partial charge in [0.25, 0.3) is 5.91 Å². The van der Waals surface area contributed by atoms with Gasteiger partial charge in [0.05, 0.1) is 6.04 Å². The van der Waals surface area contributed by atoms with Gasteiger partial charge in [-0.05, 0) is 37.1 Å². The molecule has 1 saturated heterocycles. The van der Waals surface area contributed by atoms with E-state index in [9.17, 15) is 14.7 Å². The Hall–Kier alpha value is -3.32. The number of hydrogen-bond donors (Lipinski definition) is 1. The Morgan fingerprint density at radius 1 is 1.14 bits per heavy atom. The molecule has 4 heterocycles. The van der Waals surface area contributed by atoms with Crippen molar-refractivity contribution in [2.75, 3.05) is 6.79 Å². The smallest absolute Gasteiger partial charge is 0.257 e. The van der Waals surface area contributed by atoms with Gasteiger partial charge in [-0.15, -0.1) is 0 Å². The second-order valence-electron chi connectivity index (χ2n) is 7.86. The van der Waals surface area contributed by atoms with E-state index in [0.29, 0.717) is 34.7 Å². The van der Waals surface area contributed by atoms with E-state index in [-0.39, 0.29) is 18.6 Å². The van der Waals surface area contributed by atoms with Crippen LogP contribution in [0.4, 0.5) is 0 Å². The van der Waals surface area contributed by atoms with Crippen molar-refractivity contribution in [2.45, 2.75) is 31.2 Å². The van der Waals surface area contributed by atoms with Gasteiger partial charge in [-0.1, -0.05) is 24.8 Å². The Morgan fingerprint density at radius 2 is 1.86 bits per heavy atom. The number of rotatable bonds is 0. The molecule has 1 fully saturated rings. The maximum atomic E-state index is 13.3. The summed E-state index contributed by atoms with van der Waals surface area (Å²) < 4.78 is 11.0. The summed E-state index contributed by atoms with van der Waals surface area (Å²) >= 11 is 0. The average molecular weight is 390 g/mol. The molecule has 2 amide bonds. The van der Waals surface area contributed by atoms with Crippen molar-refractivity contribution in [1.29, 1.82) is 0 Å². The lowest BCUT2D eigenvalue weighted by atomic mass is 9.80. The monoisotopic (exact) mass is 390 g/mol. The van der Waals surface area contributed by atoms with Crippen LogP contribution < -0.4 is 9.47 Å². The van der Waals surface area contributed by atoms with Gasteiger partial charge in [0.2, 0.25) is 12.7 Å². The third kappa shape index (κ3) is 1.81. The predicted octanol–water partition coefficient (Wildman–Crippen LogP) is 1.84. The fourth-order valence-electron chi connectivity index (χ4n) is 5.18. The molecule has 6 rings (SSSR count). The Labute approximate surface area is 166 Å². The van der Waals surface area contributed by atoms with E-state index in [4.69, 9.17) is 9.47 Å². The zero-order valence-corrected chi connectivity index (χ0v) is 15.7. The number of aliphatic hydroxyl groups is 1. The molecule has 146 valence electrons. The highest BCUT2D eigenvalue weighted by Crippen LogP contribution is 2.51. The largest absolute Gasteiger partial charge is 0.454 e. The molecule has 0 aliphatic carbocycles. The number of fused-ring (bicyclic) bond motifs is 7. The highest BCUT2D eigenvalue weighted by molar-refractivity contribution is 6.05. The molecule has 0 bridgehead atoms. The molecular weight excluding hydrogens is 372 g/mol. The van der Waals surface area contributed by atoms with Crippen molar-refractivity contribution in [2.24, 2.45) is 0 Å². The molecule has 0 saturated carbocycles. The summed E-state index contributed by atoms with van der Waals surface area (Å²) in [6.45, 7) is 5.96. The normalized spacial score (nSPS) is 28.8. The summed E-state index contributed by atoms with van der Waals surface area (Å²) in [5.41, 5.74) is 1.51. The molecule has 2 aromatic rings. The first-order valence-corrected chi connectivity index (χ1v) is 9.53. The highest BCUT2D eigenvalue weighted by Gasteiger charge is 2.63. The van der Waals surface area contributed by atoms with Crippen LogP contribution in [0, 0.1) is 0 Å². The van der Waals surface area contributed by atoms with Gasteiger partial charge in [0.15, 0.2) is 17.2 Å². The van der Waals surface area contributed by atoms with Gasteiger partial charge in [0, 0.05) is 22.4 Å². The van der Waals surface area contributed by atoms with E-state index in [1.807, 2.05) is 12.1 Å². The van der Waals surface area contributed by atoms with E-state index in [0.717, 1.165) is 11.1 Å². The first-order valence-electron chi connectivity index (χ1n) is 9.53. The van der Waals surface area contributed by atoms with Crippen LogP contribution in [0.2, 0.25) is 0 Å². The molecule has 29 heavy (non-hydrogen) atoms. The topological polar surface area (TPSA) is 79.3 Å². The lowest BCUT2D eigenvalue weighted by Gasteiger charge is -2.54. The molecule has 2 aromatic carbocycles. The second-order valence-corrected chi connectivity index (χ2v) is 7.86. The quantitative estimate of drug-likeness (QED) is 0.743. The SMILES string of the molecule is C=C1c2cc3c(cc2C[C@H]2N1C(=O)[C@H](C)N1C(=O)c4ccccc4[C@@]21O)OCO3. The minimum absolute atomic E-state index is 0.146. The standard InChI is InChI=1S/C22H18N2O5/c1-11-15-9-18-17(28-10-29-18)7-13(15)8-19-22(27)16-6-4-3-5-14(16)21(26)24(22)12(2)20(25)23(11)19/h3-7,9,12,19,27H,1,8,10H2,2H3/t12-,19+,22+/m0/s1. The summed E-state index contributed by atoms with van der Waals surface area (Å²) in [6, 6.07) is 9.21. The summed E-state index contributed by atoms with van der Waals surface area (Å²) in [6.07, 6.45) is 0.359. The molecule has 4 aliphatic rings. The number of amides is 2. The molecule has 0 radical (unpaired) electrons. The number of nitrogens with zero attached hydrogens (tertiary/aromatic N) is 2. The van der Waals surface area contributed by atoms with E-state index in [2.05, 4.69) is 6.58 Å². The Bertz CT molecular complexity index is 1140. The van der Waals surface area contributed by atoms with E-state index in [1.165, 1.54) is 4.90 Å².